The number of ether oxygens (including phenoxy) is 1. The molecule has 0 aliphatic carbocycles. The standard InChI is InChI=1S/C16H25N3O2/c1-4-12-11-19(10-9-15(12)17-2)16(20)18-13-5-7-14(21-3)8-6-13/h5-8,12,15,17H,4,9-11H2,1-3H3,(H,18,20). The molecule has 1 aliphatic heterocycles. The van der Waals surface area contributed by atoms with E-state index in [2.05, 4.69) is 17.6 Å². The lowest BCUT2D eigenvalue weighted by Crippen LogP contribution is -2.51. The molecule has 1 fully saturated rings. The number of hydrogen-bond donors (Lipinski definition) is 2. The van der Waals surface area contributed by atoms with Crippen molar-refractivity contribution >= 4 is 11.7 Å². The van der Waals surface area contributed by atoms with Crippen molar-refractivity contribution in [3.63, 3.8) is 0 Å². The molecule has 2 N–H and O–H groups in total. The molecule has 5 nitrogen and oxygen atoms in total. The number of nitrogens with zero attached hydrogens (tertiary/aromatic N) is 1. The zero-order valence-electron chi connectivity index (χ0n) is 13.1. The molecule has 0 radical (unpaired) electrons. The summed E-state index contributed by atoms with van der Waals surface area (Å²) in [7, 11) is 3.63. The van der Waals surface area contributed by atoms with E-state index < -0.39 is 0 Å². The van der Waals surface area contributed by atoms with Crippen molar-refractivity contribution in [1.82, 2.24) is 10.2 Å². The van der Waals surface area contributed by atoms with E-state index in [9.17, 15) is 4.79 Å². The molecule has 1 aromatic rings. The van der Waals surface area contributed by atoms with Crippen molar-refractivity contribution in [2.45, 2.75) is 25.8 Å². The van der Waals surface area contributed by atoms with E-state index in [0.717, 1.165) is 37.4 Å². The maximum atomic E-state index is 12.3. The second-order valence-corrected chi connectivity index (χ2v) is 5.46. The van der Waals surface area contributed by atoms with Crippen LogP contribution in [0, 0.1) is 5.92 Å². The first-order valence-electron chi connectivity index (χ1n) is 7.55. The topological polar surface area (TPSA) is 53.6 Å². The minimum absolute atomic E-state index is 0.0202. The second-order valence-electron chi connectivity index (χ2n) is 5.46. The van der Waals surface area contributed by atoms with Crippen LogP contribution in [0.1, 0.15) is 19.8 Å². The number of anilines is 1. The van der Waals surface area contributed by atoms with E-state index >= 15 is 0 Å². The SMILES string of the molecule is CCC1CN(C(=O)Nc2ccc(OC)cc2)CCC1NC. The van der Waals surface area contributed by atoms with Crippen molar-refractivity contribution in [2.24, 2.45) is 5.92 Å². The van der Waals surface area contributed by atoms with Gasteiger partial charge in [0.05, 0.1) is 7.11 Å². The average molecular weight is 291 g/mol. The maximum absolute atomic E-state index is 12.3. The summed E-state index contributed by atoms with van der Waals surface area (Å²) >= 11 is 0. The first-order valence-corrected chi connectivity index (χ1v) is 7.55. The van der Waals surface area contributed by atoms with Gasteiger partial charge in [0, 0.05) is 24.8 Å². The number of likely N-dealkylation sites (tertiary alicyclic amines) is 1. The molecule has 1 heterocycles. The smallest absolute Gasteiger partial charge is 0.321 e. The number of carbonyl (C=O) groups excluding carboxylic acids is 1. The lowest BCUT2D eigenvalue weighted by atomic mass is 9.90. The normalized spacial score (nSPS) is 22.0. The number of piperidine rings is 1. The molecule has 1 aromatic carbocycles. The van der Waals surface area contributed by atoms with Gasteiger partial charge in [-0.2, -0.15) is 0 Å². The molecule has 2 unspecified atom stereocenters. The maximum Gasteiger partial charge on any atom is 0.321 e. The van der Waals surface area contributed by atoms with Crippen molar-refractivity contribution in [3.05, 3.63) is 24.3 Å². The molecule has 0 bridgehead atoms. The summed E-state index contributed by atoms with van der Waals surface area (Å²) in [6, 6.07) is 7.89. The van der Waals surface area contributed by atoms with Crippen molar-refractivity contribution < 1.29 is 9.53 Å². The molecular weight excluding hydrogens is 266 g/mol. The Bertz CT molecular complexity index is 461. The monoisotopic (exact) mass is 291 g/mol. The van der Waals surface area contributed by atoms with E-state index in [-0.39, 0.29) is 6.03 Å². The minimum Gasteiger partial charge on any atom is -0.497 e. The number of rotatable bonds is 4. The number of nitrogens with one attached hydrogen (secondary N) is 2. The summed E-state index contributed by atoms with van der Waals surface area (Å²) in [5.41, 5.74) is 0.796. The second kappa shape index (κ2) is 7.31. The van der Waals surface area contributed by atoms with Crippen LogP contribution < -0.4 is 15.4 Å². The zero-order chi connectivity index (χ0) is 15.2. The van der Waals surface area contributed by atoms with Gasteiger partial charge in [-0.15, -0.1) is 0 Å². The van der Waals surface area contributed by atoms with Gasteiger partial charge < -0.3 is 20.3 Å². The quantitative estimate of drug-likeness (QED) is 0.896. The van der Waals surface area contributed by atoms with Gasteiger partial charge in [-0.3, -0.25) is 0 Å². The van der Waals surface area contributed by atoms with Crippen molar-refractivity contribution in [1.29, 1.82) is 0 Å². The summed E-state index contributed by atoms with van der Waals surface area (Å²) in [5.74, 6) is 1.30. The van der Waals surface area contributed by atoms with E-state index in [1.165, 1.54) is 0 Å². The lowest BCUT2D eigenvalue weighted by Gasteiger charge is -2.38. The van der Waals surface area contributed by atoms with Crippen LogP contribution in [0.15, 0.2) is 24.3 Å². The van der Waals surface area contributed by atoms with E-state index in [4.69, 9.17) is 4.74 Å². The predicted octanol–water partition coefficient (Wildman–Crippen LogP) is 2.55. The first-order chi connectivity index (χ1) is 10.2. The van der Waals surface area contributed by atoms with Crippen LogP contribution in [0.2, 0.25) is 0 Å². The van der Waals surface area contributed by atoms with Crippen molar-refractivity contribution in [3.8, 4) is 5.75 Å². The first kappa shape index (κ1) is 15.6. The predicted molar refractivity (Wildman–Crippen MR) is 84.8 cm³/mol. The third kappa shape index (κ3) is 3.88. The molecule has 2 rings (SSSR count). The van der Waals surface area contributed by atoms with Crippen LogP contribution >= 0.6 is 0 Å². The van der Waals surface area contributed by atoms with Gasteiger partial charge >= 0.3 is 6.03 Å². The minimum atomic E-state index is -0.0202. The highest BCUT2D eigenvalue weighted by molar-refractivity contribution is 5.89. The van der Waals surface area contributed by atoms with Gasteiger partial charge in [0.2, 0.25) is 0 Å². The van der Waals surface area contributed by atoms with E-state index in [1.54, 1.807) is 7.11 Å². The molecule has 0 aromatic heterocycles. The summed E-state index contributed by atoms with van der Waals surface area (Å²) in [6.45, 7) is 3.79. The van der Waals surface area contributed by atoms with Gasteiger partial charge in [0.15, 0.2) is 0 Å². The number of benzene rings is 1. The van der Waals surface area contributed by atoms with Crippen LogP contribution in [-0.2, 0) is 0 Å². The van der Waals surface area contributed by atoms with Crippen LogP contribution in [0.5, 0.6) is 5.75 Å². The Morgan fingerprint density at radius 1 is 1.38 bits per heavy atom. The molecule has 0 saturated carbocycles. The van der Waals surface area contributed by atoms with Gasteiger partial charge in [-0.05, 0) is 43.7 Å². The number of methoxy groups -OCH3 is 1. The molecule has 5 heteroatoms. The zero-order valence-corrected chi connectivity index (χ0v) is 13.1. The van der Waals surface area contributed by atoms with Gasteiger partial charge in [-0.1, -0.05) is 13.3 Å². The van der Waals surface area contributed by atoms with Crippen molar-refractivity contribution in [2.75, 3.05) is 32.6 Å². The van der Waals surface area contributed by atoms with E-state index in [0.29, 0.717) is 12.0 Å². The number of hydrogen-bond acceptors (Lipinski definition) is 3. The highest BCUT2D eigenvalue weighted by atomic mass is 16.5. The Balaban J connectivity index is 1.93. The Labute approximate surface area is 126 Å². The fraction of sp³-hybridized carbons (Fsp3) is 0.562. The van der Waals surface area contributed by atoms with Gasteiger partial charge in [0.1, 0.15) is 5.75 Å². The fourth-order valence-electron chi connectivity index (χ4n) is 2.89. The van der Waals surface area contributed by atoms with E-state index in [1.807, 2.05) is 36.2 Å². The fourth-order valence-corrected chi connectivity index (χ4v) is 2.89. The molecule has 2 atom stereocenters. The molecule has 0 spiro atoms. The molecular formula is C16H25N3O2. The summed E-state index contributed by atoms with van der Waals surface area (Å²) in [5, 5.41) is 6.31. The molecule has 1 saturated heterocycles. The Kier molecular flexibility index (Phi) is 5.44. The molecule has 21 heavy (non-hydrogen) atoms. The Morgan fingerprint density at radius 3 is 2.67 bits per heavy atom. The number of carbonyl (C=O) groups is 1. The van der Waals surface area contributed by atoms with Gasteiger partial charge in [-0.25, -0.2) is 4.79 Å². The van der Waals surface area contributed by atoms with Crippen LogP contribution in [0.3, 0.4) is 0 Å². The third-order valence-corrected chi connectivity index (χ3v) is 4.26. The average Bonchev–Trinajstić information content (AvgIpc) is 2.54. The van der Waals surface area contributed by atoms with Crippen LogP contribution in [-0.4, -0.2) is 44.2 Å². The number of amides is 2. The highest BCUT2D eigenvalue weighted by Crippen LogP contribution is 2.21. The Hall–Kier alpha value is -1.75. The molecule has 116 valence electrons. The number of urea groups is 1. The highest BCUT2D eigenvalue weighted by Gasteiger charge is 2.29. The third-order valence-electron chi connectivity index (χ3n) is 4.26. The van der Waals surface area contributed by atoms with Crippen LogP contribution in [0.4, 0.5) is 10.5 Å². The largest absolute Gasteiger partial charge is 0.497 e. The Morgan fingerprint density at radius 2 is 2.10 bits per heavy atom. The lowest BCUT2D eigenvalue weighted by molar-refractivity contribution is 0.154. The summed E-state index contributed by atoms with van der Waals surface area (Å²) in [6.07, 6.45) is 2.09. The summed E-state index contributed by atoms with van der Waals surface area (Å²) in [4.78, 5) is 14.3. The molecule has 1 aliphatic rings. The molecule has 2 amide bonds. The van der Waals surface area contributed by atoms with Gasteiger partial charge in [0.25, 0.3) is 0 Å². The summed E-state index contributed by atoms with van der Waals surface area (Å²) < 4.78 is 5.11. The van der Waals surface area contributed by atoms with Crippen LogP contribution in [0.25, 0.3) is 0 Å².